The molecule has 1 heterocycles. The van der Waals surface area contributed by atoms with E-state index in [1.165, 1.54) is 31.4 Å². The maximum Gasteiger partial charge on any atom is 0.262 e. The Morgan fingerprint density at radius 2 is 1.93 bits per heavy atom. The van der Waals surface area contributed by atoms with Gasteiger partial charge in [-0.1, -0.05) is 17.0 Å². The summed E-state index contributed by atoms with van der Waals surface area (Å²) in [6.45, 7) is 0. The molecule has 1 aliphatic carbocycles. The molecule has 0 radical (unpaired) electrons. The fourth-order valence-electron chi connectivity index (χ4n) is 2.83. The molecule has 1 amide bonds. The number of rotatable bonds is 7. The number of sulfonamides is 1. The maximum atomic E-state index is 12.5. The van der Waals surface area contributed by atoms with Crippen LogP contribution in [0.1, 0.15) is 34.9 Å². The molecule has 0 bridgehead atoms. The number of nitrogens with one attached hydrogen (secondary N) is 3. The van der Waals surface area contributed by atoms with E-state index in [0.717, 1.165) is 24.2 Å². The molecule has 1 fully saturated rings. The van der Waals surface area contributed by atoms with Crippen molar-refractivity contribution >= 4 is 21.6 Å². The van der Waals surface area contributed by atoms with Gasteiger partial charge >= 0.3 is 0 Å². The molecular formula is C19H19N5O4S. The van der Waals surface area contributed by atoms with Gasteiger partial charge in [-0.2, -0.15) is 5.10 Å². The van der Waals surface area contributed by atoms with E-state index in [9.17, 15) is 13.2 Å². The fourth-order valence-corrected chi connectivity index (χ4v) is 3.64. The van der Waals surface area contributed by atoms with Crippen molar-refractivity contribution in [2.45, 2.75) is 23.7 Å². The van der Waals surface area contributed by atoms with Crippen LogP contribution >= 0.6 is 0 Å². The number of aromatic nitrogens is 3. The summed E-state index contributed by atoms with van der Waals surface area (Å²) in [5.41, 5.74) is 1.70. The lowest BCUT2D eigenvalue weighted by molar-refractivity contribution is 0.102. The molecule has 29 heavy (non-hydrogen) atoms. The van der Waals surface area contributed by atoms with E-state index in [2.05, 4.69) is 25.3 Å². The van der Waals surface area contributed by atoms with Crippen LogP contribution in [0, 0.1) is 0 Å². The molecule has 2 aromatic carbocycles. The zero-order chi connectivity index (χ0) is 20.4. The van der Waals surface area contributed by atoms with E-state index in [0.29, 0.717) is 23.0 Å². The van der Waals surface area contributed by atoms with Crippen LogP contribution in [-0.4, -0.2) is 36.6 Å². The first-order chi connectivity index (χ1) is 14.0. The third-order valence-electron chi connectivity index (χ3n) is 4.47. The van der Waals surface area contributed by atoms with Gasteiger partial charge in [0.1, 0.15) is 5.82 Å². The molecule has 1 aromatic heterocycles. The van der Waals surface area contributed by atoms with E-state index >= 15 is 0 Å². The fraction of sp³-hybridized carbons (Fsp3) is 0.211. The van der Waals surface area contributed by atoms with Crippen LogP contribution in [0.15, 0.2) is 53.4 Å². The third-order valence-corrected chi connectivity index (χ3v) is 5.74. The molecular weight excluding hydrogens is 394 g/mol. The van der Waals surface area contributed by atoms with Crippen molar-refractivity contribution in [1.82, 2.24) is 20.1 Å². The summed E-state index contributed by atoms with van der Waals surface area (Å²) in [5.74, 6) is 1.60. The van der Waals surface area contributed by atoms with E-state index in [4.69, 9.17) is 0 Å². The minimum atomic E-state index is -3.77. The Morgan fingerprint density at radius 3 is 2.62 bits per heavy atom. The second-order valence-corrected chi connectivity index (χ2v) is 8.31. The van der Waals surface area contributed by atoms with Crippen LogP contribution in [0.3, 0.4) is 0 Å². The van der Waals surface area contributed by atoms with Crippen molar-refractivity contribution in [3.8, 4) is 11.4 Å². The van der Waals surface area contributed by atoms with E-state index in [1.807, 2.05) is 17.0 Å². The van der Waals surface area contributed by atoms with Gasteiger partial charge < -0.3 is 5.32 Å². The Kier molecular flexibility index (Phi) is 5.14. The summed E-state index contributed by atoms with van der Waals surface area (Å²) in [7, 11) is -2.56. The molecule has 10 heteroatoms. The van der Waals surface area contributed by atoms with Gasteiger partial charge in [0.25, 0.3) is 15.9 Å². The highest BCUT2D eigenvalue weighted by molar-refractivity contribution is 7.89. The van der Waals surface area contributed by atoms with Crippen LogP contribution < -0.4 is 10.2 Å². The smallest absolute Gasteiger partial charge is 0.262 e. The standard InChI is InChI=1S/C19H19N5O4S/c1-28-24-29(26,27)16-9-7-13(8-10-16)19(25)20-15-4-2-3-14(11-15)18-21-17(22-23-18)12-5-6-12/h2-4,7-12,24H,5-6H2,1H3,(H,20,25)(H,21,22,23). The largest absolute Gasteiger partial charge is 0.322 e. The van der Waals surface area contributed by atoms with Crippen LogP contribution in [0.4, 0.5) is 5.69 Å². The lowest BCUT2D eigenvalue weighted by Crippen LogP contribution is -2.22. The number of aromatic amines is 1. The van der Waals surface area contributed by atoms with E-state index in [-0.39, 0.29) is 10.8 Å². The summed E-state index contributed by atoms with van der Waals surface area (Å²) in [4.78, 5) is 23.4. The number of nitrogens with zero attached hydrogens (tertiary/aromatic N) is 2. The van der Waals surface area contributed by atoms with Crippen LogP contribution in [0.2, 0.25) is 0 Å². The predicted molar refractivity (Wildman–Crippen MR) is 106 cm³/mol. The second-order valence-electron chi connectivity index (χ2n) is 6.67. The van der Waals surface area contributed by atoms with Crippen LogP contribution in [0.25, 0.3) is 11.4 Å². The highest BCUT2D eigenvalue weighted by atomic mass is 32.2. The topological polar surface area (TPSA) is 126 Å². The Hall–Kier alpha value is -3.08. The minimum absolute atomic E-state index is 0.00558. The Labute approximate surface area is 167 Å². The molecule has 9 nitrogen and oxygen atoms in total. The van der Waals surface area contributed by atoms with Crippen LogP contribution in [-0.2, 0) is 14.9 Å². The van der Waals surface area contributed by atoms with Gasteiger partial charge in [0.2, 0.25) is 0 Å². The number of hydrogen-bond acceptors (Lipinski definition) is 6. The van der Waals surface area contributed by atoms with Gasteiger partial charge in [-0.05, 0) is 49.2 Å². The average Bonchev–Trinajstić information content (AvgIpc) is 3.45. The molecule has 150 valence electrons. The lowest BCUT2D eigenvalue weighted by atomic mass is 10.1. The summed E-state index contributed by atoms with van der Waals surface area (Å²) in [5, 5.41) is 10.0. The van der Waals surface area contributed by atoms with Crippen molar-refractivity contribution in [2.24, 2.45) is 0 Å². The molecule has 0 unspecified atom stereocenters. The molecule has 3 N–H and O–H groups in total. The van der Waals surface area contributed by atoms with Crippen molar-refractivity contribution in [3.63, 3.8) is 0 Å². The van der Waals surface area contributed by atoms with Crippen molar-refractivity contribution in [3.05, 3.63) is 59.9 Å². The Bertz CT molecular complexity index is 1140. The number of benzene rings is 2. The number of anilines is 1. The Morgan fingerprint density at radius 1 is 1.17 bits per heavy atom. The van der Waals surface area contributed by atoms with Crippen LogP contribution in [0.5, 0.6) is 0 Å². The molecule has 3 aromatic rings. The molecule has 0 spiro atoms. The van der Waals surface area contributed by atoms with Gasteiger partial charge in [0.05, 0.1) is 12.0 Å². The van der Waals surface area contributed by atoms with E-state index in [1.54, 1.807) is 12.1 Å². The highest BCUT2D eigenvalue weighted by Gasteiger charge is 2.27. The zero-order valence-corrected chi connectivity index (χ0v) is 16.4. The minimum Gasteiger partial charge on any atom is -0.322 e. The summed E-state index contributed by atoms with van der Waals surface area (Å²) in [6.07, 6.45) is 2.26. The predicted octanol–water partition coefficient (Wildman–Crippen LogP) is 2.44. The molecule has 1 aliphatic rings. The maximum absolute atomic E-state index is 12.5. The molecule has 0 atom stereocenters. The number of H-pyrrole nitrogens is 1. The van der Waals surface area contributed by atoms with Gasteiger partial charge in [-0.15, -0.1) is 0 Å². The number of hydrogen-bond donors (Lipinski definition) is 3. The summed E-state index contributed by atoms with van der Waals surface area (Å²) in [6, 6.07) is 12.8. The first kappa shape index (κ1) is 19.2. The summed E-state index contributed by atoms with van der Waals surface area (Å²) >= 11 is 0. The number of amides is 1. The third kappa shape index (κ3) is 4.34. The van der Waals surface area contributed by atoms with Crippen molar-refractivity contribution < 1.29 is 18.0 Å². The zero-order valence-electron chi connectivity index (χ0n) is 15.5. The van der Waals surface area contributed by atoms with Gasteiger partial charge in [-0.25, -0.2) is 13.4 Å². The van der Waals surface area contributed by atoms with Crippen molar-refractivity contribution in [2.75, 3.05) is 12.4 Å². The van der Waals surface area contributed by atoms with Gasteiger partial charge in [0.15, 0.2) is 5.82 Å². The monoisotopic (exact) mass is 413 g/mol. The van der Waals surface area contributed by atoms with Gasteiger partial charge in [-0.3, -0.25) is 14.7 Å². The van der Waals surface area contributed by atoms with Crippen molar-refractivity contribution in [1.29, 1.82) is 0 Å². The molecule has 0 aliphatic heterocycles. The normalized spacial score (nSPS) is 14.0. The van der Waals surface area contributed by atoms with E-state index < -0.39 is 10.0 Å². The highest BCUT2D eigenvalue weighted by Crippen LogP contribution is 2.38. The molecule has 4 rings (SSSR count). The lowest BCUT2D eigenvalue weighted by Gasteiger charge is -2.08. The number of carbonyl (C=O) groups excluding carboxylic acids is 1. The average molecular weight is 413 g/mol. The molecule has 1 saturated carbocycles. The first-order valence-electron chi connectivity index (χ1n) is 8.95. The number of carbonyl (C=O) groups is 1. The Balaban J connectivity index is 1.48. The summed E-state index contributed by atoms with van der Waals surface area (Å²) < 4.78 is 23.7. The quantitative estimate of drug-likeness (QED) is 0.511. The SMILES string of the molecule is CONS(=O)(=O)c1ccc(C(=O)Nc2cccc(-c3n[nH]c(C4CC4)n3)c2)cc1. The first-order valence-corrected chi connectivity index (χ1v) is 10.4. The molecule has 0 saturated heterocycles. The second kappa shape index (κ2) is 7.74. The van der Waals surface area contributed by atoms with Gasteiger partial charge in [0, 0.05) is 22.7 Å².